The third-order valence-corrected chi connectivity index (χ3v) is 3.27. The normalized spacial score (nSPS) is 19.1. The molecule has 0 spiro atoms. The summed E-state index contributed by atoms with van der Waals surface area (Å²) in [5.74, 6) is 1.98. The Morgan fingerprint density at radius 3 is 3.06 bits per heavy atom. The van der Waals surface area contributed by atoms with Crippen molar-refractivity contribution in [3.8, 4) is 11.4 Å². The number of aryl methyl sites for hydroxylation is 1. The lowest BCUT2D eigenvalue weighted by Crippen LogP contribution is -2.31. The van der Waals surface area contributed by atoms with Crippen LogP contribution in [0, 0.1) is 6.92 Å². The third-order valence-electron chi connectivity index (χ3n) is 3.27. The molecule has 2 N–H and O–H groups in total. The van der Waals surface area contributed by atoms with E-state index in [0.717, 1.165) is 36.6 Å². The van der Waals surface area contributed by atoms with E-state index < -0.39 is 0 Å². The van der Waals surface area contributed by atoms with Crippen LogP contribution in [0.15, 0.2) is 24.3 Å². The van der Waals surface area contributed by atoms with Gasteiger partial charge in [0, 0.05) is 24.6 Å². The zero-order chi connectivity index (χ0) is 11.8. The second kappa shape index (κ2) is 3.96. The van der Waals surface area contributed by atoms with Crippen LogP contribution in [-0.2, 0) is 13.0 Å². The Bertz CT molecular complexity index is 544. The van der Waals surface area contributed by atoms with Gasteiger partial charge in [-0.1, -0.05) is 23.8 Å². The van der Waals surface area contributed by atoms with Gasteiger partial charge in [-0.25, -0.2) is 0 Å². The Hall–Kier alpha value is -1.68. The molecule has 0 saturated carbocycles. The molecule has 4 nitrogen and oxygen atoms in total. The molecule has 17 heavy (non-hydrogen) atoms. The topological polar surface area (TPSA) is 56.7 Å². The van der Waals surface area contributed by atoms with E-state index in [2.05, 4.69) is 46.0 Å². The van der Waals surface area contributed by atoms with E-state index in [1.165, 1.54) is 5.56 Å². The van der Waals surface area contributed by atoms with Gasteiger partial charge in [0.2, 0.25) is 0 Å². The summed E-state index contributed by atoms with van der Waals surface area (Å²) in [7, 11) is 0. The molecule has 3 rings (SSSR count). The molecule has 4 heteroatoms. The molecular formula is C13H16N4. The summed E-state index contributed by atoms with van der Waals surface area (Å²) in [4.78, 5) is 0. The van der Waals surface area contributed by atoms with Crippen molar-refractivity contribution in [2.24, 2.45) is 5.73 Å². The fraction of sp³-hybridized carbons (Fsp3) is 0.385. The fourth-order valence-corrected chi connectivity index (χ4v) is 2.35. The van der Waals surface area contributed by atoms with Gasteiger partial charge in [0.05, 0.1) is 0 Å². The highest BCUT2D eigenvalue weighted by atomic mass is 15.3. The monoisotopic (exact) mass is 228 g/mol. The lowest BCUT2D eigenvalue weighted by Gasteiger charge is -2.20. The molecule has 1 aliphatic heterocycles. The third kappa shape index (κ3) is 1.85. The summed E-state index contributed by atoms with van der Waals surface area (Å²) in [6.45, 7) is 3.01. The van der Waals surface area contributed by atoms with Crippen LogP contribution in [0.1, 0.15) is 17.8 Å². The van der Waals surface area contributed by atoms with E-state index >= 15 is 0 Å². The van der Waals surface area contributed by atoms with Gasteiger partial charge in [-0.2, -0.15) is 0 Å². The minimum Gasteiger partial charge on any atom is -0.327 e. The average Bonchev–Trinajstić information content (AvgIpc) is 2.71. The zero-order valence-corrected chi connectivity index (χ0v) is 9.93. The minimum absolute atomic E-state index is 0.233. The Balaban J connectivity index is 2.05. The van der Waals surface area contributed by atoms with E-state index in [4.69, 9.17) is 5.73 Å². The first-order valence-electron chi connectivity index (χ1n) is 5.99. The summed E-state index contributed by atoms with van der Waals surface area (Å²) in [5, 5.41) is 8.55. The van der Waals surface area contributed by atoms with Gasteiger partial charge in [0.25, 0.3) is 0 Å². The number of benzene rings is 1. The maximum absolute atomic E-state index is 5.94. The number of hydrogen-bond acceptors (Lipinski definition) is 3. The molecule has 0 bridgehead atoms. The van der Waals surface area contributed by atoms with E-state index in [0.29, 0.717) is 0 Å². The molecule has 0 saturated heterocycles. The van der Waals surface area contributed by atoms with Gasteiger partial charge < -0.3 is 10.3 Å². The van der Waals surface area contributed by atoms with Gasteiger partial charge in [-0.15, -0.1) is 10.2 Å². The fourth-order valence-electron chi connectivity index (χ4n) is 2.35. The molecule has 88 valence electrons. The molecular weight excluding hydrogens is 212 g/mol. The van der Waals surface area contributed by atoms with Crippen molar-refractivity contribution in [3.63, 3.8) is 0 Å². The van der Waals surface area contributed by atoms with Crippen molar-refractivity contribution >= 4 is 0 Å². The Morgan fingerprint density at radius 1 is 1.35 bits per heavy atom. The Labute approximate surface area is 100 Å². The standard InChI is InChI=1S/C13H16N4/c1-9-3-2-4-10(7-9)13-16-15-12-8-11(14)5-6-17(12)13/h2-4,7,11H,5-6,8,14H2,1H3. The quantitative estimate of drug-likeness (QED) is 0.805. The summed E-state index contributed by atoms with van der Waals surface area (Å²) in [6, 6.07) is 8.61. The van der Waals surface area contributed by atoms with Crippen LogP contribution in [0.5, 0.6) is 0 Å². The lowest BCUT2D eigenvalue weighted by atomic mass is 10.1. The molecule has 0 fully saturated rings. The van der Waals surface area contributed by atoms with E-state index in [1.807, 2.05) is 0 Å². The molecule has 2 aromatic rings. The summed E-state index contributed by atoms with van der Waals surface area (Å²) >= 11 is 0. The predicted octanol–water partition coefficient (Wildman–Crippen LogP) is 1.53. The van der Waals surface area contributed by atoms with E-state index in [1.54, 1.807) is 0 Å². The van der Waals surface area contributed by atoms with Gasteiger partial charge >= 0.3 is 0 Å². The number of fused-ring (bicyclic) bond motifs is 1. The van der Waals surface area contributed by atoms with Crippen LogP contribution in [0.25, 0.3) is 11.4 Å². The van der Waals surface area contributed by atoms with Gasteiger partial charge in [0.1, 0.15) is 5.82 Å². The van der Waals surface area contributed by atoms with Crippen LogP contribution < -0.4 is 5.73 Å². The largest absolute Gasteiger partial charge is 0.327 e. The second-order valence-electron chi connectivity index (χ2n) is 4.71. The van der Waals surface area contributed by atoms with Crippen LogP contribution in [-0.4, -0.2) is 20.8 Å². The highest BCUT2D eigenvalue weighted by Gasteiger charge is 2.20. The predicted molar refractivity (Wildman–Crippen MR) is 66.5 cm³/mol. The first-order chi connectivity index (χ1) is 8.24. The Morgan fingerprint density at radius 2 is 2.24 bits per heavy atom. The smallest absolute Gasteiger partial charge is 0.163 e. The highest BCUT2D eigenvalue weighted by molar-refractivity contribution is 5.56. The van der Waals surface area contributed by atoms with Crippen LogP contribution in [0.2, 0.25) is 0 Å². The van der Waals surface area contributed by atoms with Crippen molar-refractivity contribution < 1.29 is 0 Å². The van der Waals surface area contributed by atoms with Gasteiger partial charge in [0.15, 0.2) is 5.82 Å². The Kier molecular flexibility index (Phi) is 2.44. The highest BCUT2D eigenvalue weighted by Crippen LogP contribution is 2.23. The SMILES string of the molecule is Cc1cccc(-c2nnc3n2CCC(N)C3)c1. The number of nitrogens with zero attached hydrogens (tertiary/aromatic N) is 3. The van der Waals surface area contributed by atoms with Crippen molar-refractivity contribution in [2.75, 3.05) is 0 Å². The molecule has 0 amide bonds. The minimum atomic E-state index is 0.233. The first-order valence-corrected chi connectivity index (χ1v) is 5.99. The lowest BCUT2D eigenvalue weighted by molar-refractivity contribution is 0.466. The molecule has 1 aliphatic rings. The van der Waals surface area contributed by atoms with Gasteiger partial charge in [-0.05, 0) is 19.4 Å². The van der Waals surface area contributed by atoms with E-state index in [-0.39, 0.29) is 6.04 Å². The molecule has 1 atom stereocenters. The number of hydrogen-bond donors (Lipinski definition) is 1. The van der Waals surface area contributed by atoms with Crippen LogP contribution >= 0.6 is 0 Å². The number of aromatic nitrogens is 3. The average molecular weight is 228 g/mol. The van der Waals surface area contributed by atoms with Crippen molar-refractivity contribution in [2.45, 2.75) is 32.4 Å². The number of rotatable bonds is 1. The number of nitrogens with two attached hydrogens (primary N) is 1. The van der Waals surface area contributed by atoms with Crippen LogP contribution in [0.3, 0.4) is 0 Å². The summed E-state index contributed by atoms with van der Waals surface area (Å²) < 4.78 is 2.19. The molecule has 1 unspecified atom stereocenters. The van der Waals surface area contributed by atoms with Gasteiger partial charge in [-0.3, -0.25) is 0 Å². The molecule has 0 aliphatic carbocycles. The van der Waals surface area contributed by atoms with Crippen molar-refractivity contribution in [3.05, 3.63) is 35.7 Å². The maximum Gasteiger partial charge on any atom is 0.163 e. The first kappa shape index (κ1) is 10.5. The zero-order valence-electron chi connectivity index (χ0n) is 9.93. The summed E-state index contributed by atoms with van der Waals surface area (Å²) in [5.41, 5.74) is 8.32. The summed E-state index contributed by atoms with van der Waals surface area (Å²) in [6.07, 6.45) is 1.84. The van der Waals surface area contributed by atoms with Crippen LogP contribution in [0.4, 0.5) is 0 Å². The molecule has 1 aromatic heterocycles. The van der Waals surface area contributed by atoms with Crippen molar-refractivity contribution in [1.82, 2.24) is 14.8 Å². The molecule has 2 heterocycles. The molecule has 0 radical (unpaired) electrons. The molecule has 1 aromatic carbocycles. The van der Waals surface area contributed by atoms with Crippen molar-refractivity contribution in [1.29, 1.82) is 0 Å². The van der Waals surface area contributed by atoms with E-state index in [9.17, 15) is 0 Å². The maximum atomic E-state index is 5.94. The second-order valence-corrected chi connectivity index (χ2v) is 4.71.